The summed E-state index contributed by atoms with van der Waals surface area (Å²) < 4.78 is 42.6. The number of rotatable bonds is 15. The largest absolute Gasteiger partial charge is 0.476 e. The Bertz CT molecular complexity index is 1300. The van der Waals surface area contributed by atoms with Crippen molar-refractivity contribution in [2.24, 2.45) is 0 Å². The smallest absolute Gasteiger partial charge is 0.455 e. The van der Waals surface area contributed by atoms with E-state index in [1.165, 1.54) is 0 Å². The SMILES string of the molecule is CC(=O)OCOC(OCC(Cc1ccccc1)NC(=O)Nc1ccccc1Oc1ccccc1)(OP=O)OC(C)=O. The number of carbonyl (C=O) groups is 3. The van der Waals surface area contributed by atoms with Gasteiger partial charge in [0.25, 0.3) is 0 Å². The first-order valence-corrected chi connectivity index (χ1v) is 13.1. The van der Waals surface area contributed by atoms with Gasteiger partial charge in [-0.1, -0.05) is 60.7 Å². The second-order valence-electron chi connectivity index (χ2n) is 8.36. The van der Waals surface area contributed by atoms with E-state index in [1.54, 1.807) is 36.4 Å². The summed E-state index contributed by atoms with van der Waals surface area (Å²) in [5.74, 6) is -0.596. The fourth-order valence-electron chi connectivity index (χ4n) is 3.45. The van der Waals surface area contributed by atoms with E-state index in [4.69, 9.17) is 28.2 Å². The summed E-state index contributed by atoms with van der Waals surface area (Å²) in [7, 11) is -0.962. The van der Waals surface area contributed by atoms with Crippen LogP contribution in [0.1, 0.15) is 19.4 Å². The van der Waals surface area contributed by atoms with E-state index in [-0.39, 0.29) is 13.0 Å². The van der Waals surface area contributed by atoms with Crippen molar-refractivity contribution >= 4 is 32.3 Å². The fourth-order valence-corrected chi connectivity index (χ4v) is 3.68. The molecule has 0 heterocycles. The Kier molecular flexibility index (Phi) is 12.2. The number of esters is 2. The highest BCUT2D eigenvalue weighted by molar-refractivity contribution is 7.17. The number of benzene rings is 3. The fraction of sp³-hybridized carbons (Fsp3) is 0.250. The van der Waals surface area contributed by atoms with Crippen molar-refractivity contribution in [2.45, 2.75) is 32.5 Å². The molecule has 0 aromatic heterocycles. The van der Waals surface area contributed by atoms with Gasteiger partial charge >= 0.3 is 32.8 Å². The molecule has 0 aliphatic rings. The molecule has 3 aromatic rings. The number of hydrogen-bond acceptors (Lipinski definition) is 10. The molecule has 0 bridgehead atoms. The highest BCUT2D eigenvalue weighted by atomic mass is 31.1. The third kappa shape index (κ3) is 11.0. The zero-order valence-corrected chi connectivity index (χ0v) is 23.2. The van der Waals surface area contributed by atoms with Gasteiger partial charge < -0.3 is 24.8 Å². The molecule has 13 heteroatoms. The van der Waals surface area contributed by atoms with Crippen molar-refractivity contribution < 1.29 is 47.2 Å². The Balaban J connectivity index is 1.76. The molecule has 3 aromatic carbocycles. The third-order valence-electron chi connectivity index (χ3n) is 5.14. The molecular weight excluding hydrogens is 555 g/mol. The maximum atomic E-state index is 13.1. The van der Waals surface area contributed by atoms with Crippen LogP contribution in [-0.4, -0.2) is 43.6 Å². The summed E-state index contributed by atoms with van der Waals surface area (Å²) in [6, 6.07) is 23.8. The maximum absolute atomic E-state index is 13.1. The average molecular weight is 585 g/mol. The Morgan fingerprint density at radius 1 is 0.854 bits per heavy atom. The number of carbonyl (C=O) groups excluding carboxylic acids is 3. The number of urea groups is 1. The van der Waals surface area contributed by atoms with E-state index in [0.717, 1.165) is 19.4 Å². The molecule has 216 valence electrons. The zero-order chi connectivity index (χ0) is 29.5. The van der Waals surface area contributed by atoms with Gasteiger partial charge in [0.15, 0.2) is 5.75 Å². The molecule has 0 saturated carbocycles. The number of nitrogens with one attached hydrogen (secondary N) is 2. The van der Waals surface area contributed by atoms with Gasteiger partial charge in [0.2, 0.25) is 6.79 Å². The average Bonchev–Trinajstić information content (AvgIpc) is 2.93. The minimum atomic E-state index is -2.63. The second kappa shape index (κ2) is 16.0. The Morgan fingerprint density at radius 2 is 1.51 bits per heavy atom. The van der Waals surface area contributed by atoms with Crippen molar-refractivity contribution in [1.82, 2.24) is 5.32 Å². The van der Waals surface area contributed by atoms with Gasteiger partial charge in [0, 0.05) is 13.8 Å². The van der Waals surface area contributed by atoms with Crippen LogP contribution in [0.5, 0.6) is 11.5 Å². The number of para-hydroxylation sites is 3. The number of hydrogen-bond donors (Lipinski definition) is 2. The van der Waals surface area contributed by atoms with E-state index in [1.807, 2.05) is 48.5 Å². The van der Waals surface area contributed by atoms with Crippen molar-refractivity contribution in [3.8, 4) is 11.5 Å². The summed E-state index contributed by atoms with van der Waals surface area (Å²) in [4.78, 5) is 36.0. The van der Waals surface area contributed by atoms with Crippen molar-refractivity contribution in [3.63, 3.8) is 0 Å². The molecule has 2 atom stereocenters. The molecule has 3 rings (SSSR count). The van der Waals surface area contributed by atoms with Gasteiger partial charge in [-0.2, -0.15) is 4.52 Å². The van der Waals surface area contributed by atoms with E-state index < -0.39 is 45.7 Å². The van der Waals surface area contributed by atoms with Crippen LogP contribution < -0.4 is 15.4 Å². The van der Waals surface area contributed by atoms with Gasteiger partial charge in [-0.15, -0.1) is 0 Å². The van der Waals surface area contributed by atoms with Crippen LogP contribution >= 0.6 is 8.69 Å². The number of anilines is 1. The van der Waals surface area contributed by atoms with E-state index in [0.29, 0.717) is 17.2 Å². The number of ether oxygens (including phenoxy) is 5. The van der Waals surface area contributed by atoms with Gasteiger partial charge in [0.05, 0.1) is 18.3 Å². The molecule has 12 nitrogen and oxygen atoms in total. The van der Waals surface area contributed by atoms with Crippen molar-refractivity contribution in [3.05, 3.63) is 90.5 Å². The lowest BCUT2D eigenvalue weighted by molar-refractivity contribution is -0.462. The summed E-state index contributed by atoms with van der Waals surface area (Å²) in [5.41, 5.74) is 1.25. The molecule has 0 saturated heterocycles. The van der Waals surface area contributed by atoms with Crippen LogP contribution in [0.3, 0.4) is 0 Å². The van der Waals surface area contributed by atoms with Gasteiger partial charge in [-0.25, -0.2) is 9.36 Å². The molecule has 0 radical (unpaired) electrons. The lowest BCUT2D eigenvalue weighted by Gasteiger charge is -2.30. The molecule has 2 N–H and O–H groups in total. The van der Waals surface area contributed by atoms with E-state index in [2.05, 4.69) is 10.6 Å². The van der Waals surface area contributed by atoms with Crippen LogP contribution in [0.2, 0.25) is 0 Å². The predicted molar refractivity (Wildman–Crippen MR) is 146 cm³/mol. The zero-order valence-electron chi connectivity index (χ0n) is 22.3. The normalized spacial score (nSPS) is 12.9. The first-order chi connectivity index (χ1) is 19.8. The molecule has 41 heavy (non-hydrogen) atoms. The van der Waals surface area contributed by atoms with E-state index >= 15 is 0 Å². The summed E-state index contributed by atoms with van der Waals surface area (Å²) in [6.07, 6.45) is -2.36. The first-order valence-electron chi connectivity index (χ1n) is 12.3. The second-order valence-corrected chi connectivity index (χ2v) is 8.70. The van der Waals surface area contributed by atoms with Crippen molar-refractivity contribution in [1.29, 1.82) is 0 Å². The number of amides is 2. The van der Waals surface area contributed by atoms with Crippen LogP contribution in [-0.2, 0) is 44.0 Å². The third-order valence-corrected chi connectivity index (χ3v) is 5.44. The maximum Gasteiger partial charge on any atom is 0.476 e. The molecule has 0 fully saturated rings. The molecule has 0 aliphatic carbocycles. The summed E-state index contributed by atoms with van der Waals surface area (Å²) in [6.45, 7) is 1.08. The molecule has 2 unspecified atom stereocenters. The van der Waals surface area contributed by atoms with Crippen LogP contribution in [0.15, 0.2) is 84.9 Å². The Morgan fingerprint density at radius 3 is 2.17 bits per heavy atom. The lowest BCUT2D eigenvalue weighted by Crippen LogP contribution is -2.48. The highest BCUT2D eigenvalue weighted by Crippen LogP contribution is 2.29. The van der Waals surface area contributed by atoms with Gasteiger partial charge in [-0.3, -0.25) is 19.1 Å². The van der Waals surface area contributed by atoms with Gasteiger partial charge in [-0.05, 0) is 36.2 Å². The highest BCUT2D eigenvalue weighted by Gasteiger charge is 2.41. The summed E-state index contributed by atoms with van der Waals surface area (Å²) >= 11 is 0. The van der Waals surface area contributed by atoms with Crippen LogP contribution in [0.25, 0.3) is 0 Å². The quantitative estimate of drug-likeness (QED) is 0.139. The lowest BCUT2D eigenvalue weighted by atomic mass is 10.1. The van der Waals surface area contributed by atoms with Gasteiger partial charge in [0.1, 0.15) is 5.75 Å². The predicted octanol–water partition coefficient (Wildman–Crippen LogP) is 5.16. The Hall–Kier alpha value is -4.35. The Labute approximate surface area is 238 Å². The molecular formula is C28H29N2O10P. The summed E-state index contributed by atoms with van der Waals surface area (Å²) in [5, 5.41) is 5.56. The van der Waals surface area contributed by atoms with Crippen LogP contribution in [0, 0.1) is 0 Å². The topological polar surface area (TPSA) is 148 Å². The molecule has 2 amide bonds. The standard InChI is InChI=1S/C28H29N2O10P/c1-20(31)35-19-37-28(40-41-34,39-21(2)32)36-18-23(17-22-11-5-3-6-12-22)29-27(33)30-25-15-9-10-16-26(25)38-24-13-7-4-8-14-24/h3-16,23H,17-19H2,1-2H3,(H2,29,30,33). The van der Waals surface area contributed by atoms with E-state index in [9.17, 15) is 18.9 Å². The first kappa shape index (κ1) is 31.2. The van der Waals surface area contributed by atoms with Crippen molar-refractivity contribution in [2.75, 3.05) is 18.7 Å². The van der Waals surface area contributed by atoms with Crippen LogP contribution in [0.4, 0.5) is 10.5 Å². The monoisotopic (exact) mass is 584 g/mol. The minimum absolute atomic E-state index is 0.269. The molecule has 0 aliphatic heterocycles. The molecule has 0 spiro atoms. The minimum Gasteiger partial charge on any atom is -0.455 e.